The molecule has 0 atom stereocenters. The molecule has 0 radical (unpaired) electrons. The first-order chi connectivity index (χ1) is 7.93. The van der Waals surface area contributed by atoms with Gasteiger partial charge in [-0.1, -0.05) is 18.2 Å². The Hall–Kier alpha value is -0.550. The average molecular weight is 241 g/mol. The summed E-state index contributed by atoms with van der Waals surface area (Å²) in [4.78, 5) is 1.31. The van der Waals surface area contributed by atoms with Crippen molar-refractivity contribution in [2.45, 2.75) is 4.90 Å². The van der Waals surface area contributed by atoms with Gasteiger partial charge >= 0.3 is 0 Å². The second-order valence-electron chi connectivity index (χ2n) is 3.25. The van der Waals surface area contributed by atoms with Gasteiger partial charge in [-0.05, 0) is 12.1 Å². The van der Waals surface area contributed by atoms with E-state index in [0.29, 0.717) is 13.2 Å². The molecule has 90 valence electrons. The van der Waals surface area contributed by atoms with Gasteiger partial charge in [0.2, 0.25) is 0 Å². The molecule has 0 heterocycles. The fourth-order valence-electron chi connectivity index (χ4n) is 1.19. The standard InChI is InChI=1S/C12H19NO2S/c14-8-10-15-9-6-13-7-11-16-12-4-2-1-3-5-12/h1-5,13-14H,6-11H2. The van der Waals surface area contributed by atoms with E-state index < -0.39 is 0 Å². The summed E-state index contributed by atoms with van der Waals surface area (Å²) in [7, 11) is 0. The quantitative estimate of drug-likeness (QED) is 0.506. The first-order valence-electron chi connectivity index (χ1n) is 5.50. The van der Waals surface area contributed by atoms with Gasteiger partial charge < -0.3 is 15.2 Å². The van der Waals surface area contributed by atoms with Crippen molar-refractivity contribution in [2.75, 3.05) is 38.7 Å². The Morgan fingerprint density at radius 2 is 1.94 bits per heavy atom. The lowest BCUT2D eigenvalue weighted by Crippen LogP contribution is -2.22. The molecule has 1 rings (SSSR count). The van der Waals surface area contributed by atoms with Crippen molar-refractivity contribution in [3.8, 4) is 0 Å². The van der Waals surface area contributed by atoms with Crippen LogP contribution in [0.5, 0.6) is 0 Å². The van der Waals surface area contributed by atoms with Gasteiger partial charge in [-0.15, -0.1) is 11.8 Å². The van der Waals surface area contributed by atoms with Crippen molar-refractivity contribution < 1.29 is 9.84 Å². The van der Waals surface area contributed by atoms with Gasteiger partial charge in [0.15, 0.2) is 0 Å². The van der Waals surface area contributed by atoms with Gasteiger partial charge in [0.25, 0.3) is 0 Å². The molecule has 0 saturated carbocycles. The molecule has 0 fully saturated rings. The average Bonchev–Trinajstić information content (AvgIpc) is 2.34. The summed E-state index contributed by atoms with van der Waals surface area (Å²) < 4.78 is 5.13. The van der Waals surface area contributed by atoms with Gasteiger partial charge in [0.05, 0.1) is 19.8 Å². The SMILES string of the molecule is OCCOCCNCCSc1ccccc1. The fourth-order valence-corrected chi connectivity index (χ4v) is 2.03. The lowest BCUT2D eigenvalue weighted by Gasteiger charge is -2.05. The maximum absolute atomic E-state index is 8.48. The number of benzene rings is 1. The van der Waals surface area contributed by atoms with Crippen LogP contribution in [0.15, 0.2) is 35.2 Å². The van der Waals surface area contributed by atoms with E-state index in [9.17, 15) is 0 Å². The summed E-state index contributed by atoms with van der Waals surface area (Å²) in [5.41, 5.74) is 0. The second kappa shape index (κ2) is 9.66. The van der Waals surface area contributed by atoms with Crippen molar-refractivity contribution in [2.24, 2.45) is 0 Å². The Kier molecular flexibility index (Phi) is 8.16. The van der Waals surface area contributed by atoms with Crippen LogP contribution < -0.4 is 5.32 Å². The van der Waals surface area contributed by atoms with Crippen LogP contribution in [-0.2, 0) is 4.74 Å². The normalized spacial score (nSPS) is 10.6. The van der Waals surface area contributed by atoms with Crippen molar-refractivity contribution >= 4 is 11.8 Å². The molecule has 4 heteroatoms. The summed E-state index contributed by atoms with van der Waals surface area (Å²) >= 11 is 1.85. The number of aliphatic hydroxyl groups excluding tert-OH is 1. The van der Waals surface area contributed by atoms with Crippen LogP contribution in [0.1, 0.15) is 0 Å². The molecule has 0 aliphatic heterocycles. The van der Waals surface area contributed by atoms with E-state index in [4.69, 9.17) is 9.84 Å². The number of hydrogen-bond donors (Lipinski definition) is 2. The third-order valence-corrected chi connectivity index (χ3v) is 2.96. The molecule has 2 N–H and O–H groups in total. The number of rotatable bonds is 9. The molecule has 0 saturated heterocycles. The van der Waals surface area contributed by atoms with Crippen molar-refractivity contribution in [1.82, 2.24) is 5.32 Å². The number of ether oxygens (including phenoxy) is 1. The molecule has 0 unspecified atom stereocenters. The van der Waals surface area contributed by atoms with E-state index in [2.05, 4.69) is 29.6 Å². The van der Waals surface area contributed by atoms with Crippen LogP contribution >= 0.6 is 11.8 Å². The van der Waals surface area contributed by atoms with Gasteiger partial charge in [-0.25, -0.2) is 0 Å². The fraction of sp³-hybridized carbons (Fsp3) is 0.500. The zero-order valence-electron chi connectivity index (χ0n) is 9.39. The molecule has 0 aliphatic carbocycles. The smallest absolute Gasteiger partial charge is 0.0698 e. The Balaban J connectivity index is 1.89. The molecule has 0 aromatic heterocycles. The third kappa shape index (κ3) is 6.85. The first kappa shape index (κ1) is 13.5. The lowest BCUT2D eigenvalue weighted by atomic mass is 10.4. The van der Waals surface area contributed by atoms with E-state index in [1.54, 1.807) is 0 Å². The minimum Gasteiger partial charge on any atom is -0.394 e. The van der Waals surface area contributed by atoms with E-state index >= 15 is 0 Å². The Morgan fingerprint density at radius 3 is 2.69 bits per heavy atom. The monoisotopic (exact) mass is 241 g/mol. The minimum absolute atomic E-state index is 0.101. The molecule has 1 aromatic rings. The minimum atomic E-state index is 0.101. The van der Waals surface area contributed by atoms with Crippen LogP contribution in [0.25, 0.3) is 0 Å². The molecular formula is C12H19NO2S. The number of nitrogens with one attached hydrogen (secondary N) is 1. The van der Waals surface area contributed by atoms with Crippen molar-refractivity contribution in [3.63, 3.8) is 0 Å². The molecule has 0 aliphatic rings. The number of aliphatic hydroxyl groups is 1. The summed E-state index contributed by atoms with van der Waals surface area (Å²) in [6.45, 7) is 3.01. The van der Waals surface area contributed by atoms with Crippen LogP contribution in [0.4, 0.5) is 0 Å². The largest absolute Gasteiger partial charge is 0.394 e. The Labute approximate surface area is 101 Å². The Morgan fingerprint density at radius 1 is 1.12 bits per heavy atom. The van der Waals surface area contributed by atoms with Gasteiger partial charge in [0.1, 0.15) is 0 Å². The molecule has 3 nitrogen and oxygen atoms in total. The van der Waals surface area contributed by atoms with Crippen molar-refractivity contribution in [3.05, 3.63) is 30.3 Å². The predicted octanol–water partition coefficient (Wildman–Crippen LogP) is 1.38. The second-order valence-corrected chi connectivity index (χ2v) is 4.42. The highest BCUT2D eigenvalue weighted by Gasteiger charge is 1.92. The summed E-state index contributed by atoms with van der Waals surface area (Å²) in [5, 5.41) is 11.8. The molecule has 1 aromatic carbocycles. The maximum Gasteiger partial charge on any atom is 0.0698 e. The van der Waals surface area contributed by atoms with Crippen LogP contribution in [0, 0.1) is 0 Å². The zero-order chi connectivity index (χ0) is 11.5. The van der Waals surface area contributed by atoms with Gasteiger partial charge in [-0.2, -0.15) is 0 Å². The molecule has 16 heavy (non-hydrogen) atoms. The van der Waals surface area contributed by atoms with Gasteiger partial charge in [0, 0.05) is 23.7 Å². The first-order valence-corrected chi connectivity index (χ1v) is 6.49. The lowest BCUT2D eigenvalue weighted by molar-refractivity contribution is 0.0942. The zero-order valence-corrected chi connectivity index (χ0v) is 10.2. The summed E-state index contributed by atoms with van der Waals surface area (Å²) in [6, 6.07) is 10.4. The van der Waals surface area contributed by atoms with Crippen LogP contribution in [0.3, 0.4) is 0 Å². The molecule has 0 spiro atoms. The van der Waals surface area contributed by atoms with E-state index in [1.165, 1.54) is 4.90 Å². The summed E-state index contributed by atoms with van der Waals surface area (Å²) in [5.74, 6) is 1.06. The maximum atomic E-state index is 8.48. The van der Waals surface area contributed by atoms with Crippen LogP contribution in [-0.4, -0.2) is 43.8 Å². The highest BCUT2D eigenvalue weighted by molar-refractivity contribution is 7.99. The highest BCUT2D eigenvalue weighted by atomic mass is 32.2. The molecule has 0 bridgehead atoms. The van der Waals surface area contributed by atoms with E-state index in [0.717, 1.165) is 18.8 Å². The number of hydrogen-bond acceptors (Lipinski definition) is 4. The van der Waals surface area contributed by atoms with Crippen LogP contribution in [0.2, 0.25) is 0 Å². The highest BCUT2D eigenvalue weighted by Crippen LogP contribution is 2.15. The summed E-state index contributed by atoms with van der Waals surface area (Å²) in [6.07, 6.45) is 0. The van der Waals surface area contributed by atoms with Gasteiger partial charge in [-0.3, -0.25) is 0 Å². The van der Waals surface area contributed by atoms with E-state index in [1.807, 2.05) is 17.8 Å². The molecular weight excluding hydrogens is 222 g/mol. The topological polar surface area (TPSA) is 41.5 Å². The predicted molar refractivity (Wildman–Crippen MR) is 67.9 cm³/mol. The number of thioether (sulfide) groups is 1. The molecule has 0 amide bonds. The third-order valence-electron chi connectivity index (χ3n) is 1.95. The Bertz CT molecular complexity index is 256. The van der Waals surface area contributed by atoms with E-state index in [-0.39, 0.29) is 6.61 Å². The van der Waals surface area contributed by atoms with Crippen molar-refractivity contribution in [1.29, 1.82) is 0 Å².